The van der Waals surface area contributed by atoms with Crippen molar-refractivity contribution in [3.63, 3.8) is 0 Å². The summed E-state index contributed by atoms with van der Waals surface area (Å²) in [7, 11) is 0. The van der Waals surface area contributed by atoms with Gasteiger partial charge in [0, 0.05) is 11.0 Å². The molecule has 1 saturated carbocycles. The number of nitrogens with one attached hydrogen (secondary N) is 1. The first-order valence-corrected chi connectivity index (χ1v) is 7.92. The van der Waals surface area contributed by atoms with Crippen molar-refractivity contribution >= 4 is 15.9 Å². The van der Waals surface area contributed by atoms with Crippen LogP contribution in [0.15, 0.2) is 16.6 Å². The zero-order valence-electron chi connectivity index (χ0n) is 12.5. The molecule has 0 amide bonds. The predicted molar refractivity (Wildman–Crippen MR) is 83.0 cm³/mol. The highest BCUT2D eigenvalue weighted by atomic mass is 79.9. The molecule has 110 valence electrons. The topological polar surface area (TPSA) is 30.5 Å². The maximum Gasteiger partial charge on any atom is 0.231 e. The SMILES string of the molecule is CC1(C)C(CNCc2cc3c(cc2Br)OCO3)C1(C)C. The maximum atomic E-state index is 5.43. The minimum atomic E-state index is 0.323. The van der Waals surface area contributed by atoms with E-state index in [9.17, 15) is 0 Å². The van der Waals surface area contributed by atoms with Crippen LogP contribution >= 0.6 is 15.9 Å². The highest BCUT2D eigenvalue weighted by molar-refractivity contribution is 9.10. The number of hydrogen-bond donors (Lipinski definition) is 1. The zero-order chi connectivity index (χ0) is 14.5. The predicted octanol–water partition coefficient (Wildman–Crippen LogP) is 3.95. The van der Waals surface area contributed by atoms with Gasteiger partial charge in [-0.2, -0.15) is 0 Å². The number of hydrogen-bond acceptors (Lipinski definition) is 3. The van der Waals surface area contributed by atoms with Crippen molar-refractivity contribution in [2.24, 2.45) is 16.7 Å². The van der Waals surface area contributed by atoms with Crippen LogP contribution in [0.3, 0.4) is 0 Å². The molecule has 1 aliphatic carbocycles. The second-order valence-electron chi connectivity index (χ2n) is 6.92. The first kappa shape index (κ1) is 14.2. The molecule has 0 atom stereocenters. The summed E-state index contributed by atoms with van der Waals surface area (Å²) in [6, 6.07) is 4.05. The molecule has 1 heterocycles. The highest BCUT2D eigenvalue weighted by Gasteiger charge is 2.63. The fourth-order valence-corrected chi connectivity index (χ4v) is 3.75. The summed E-state index contributed by atoms with van der Waals surface area (Å²) < 4.78 is 11.9. The molecule has 20 heavy (non-hydrogen) atoms. The largest absolute Gasteiger partial charge is 0.454 e. The second kappa shape index (κ2) is 4.63. The van der Waals surface area contributed by atoms with Crippen LogP contribution in [0.2, 0.25) is 0 Å². The van der Waals surface area contributed by atoms with Gasteiger partial charge in [-0.3, -0.25) is 0 Å². The Morgan fingerprint density at radius 1 is 1.15 bits per heavy atom. The van der Waals surface area contributed by atoms with Crippen LogP contribution < -0.4 is 14.8 Å². The van der Waals surface area contributed by atoms with Crippen molar-refractivity contribution in [2.75, 3.05) is 13.3 Å². The molecule has 1 aliphatic heterocycles. The van der Waals surface area contributed by atoms with E-state index in [0.717, 1.165) is 35.0 Å². The van der Waals surface area contributed by atoms with Gasteiger partial charge in [-0.05, 0) is 41.0 Å². The minimum Gasteiger partial charge on any atom is -0.454 e. The molecule has 1 fully saturated rings. The third kappa shape index (κ3) is 2.13. The van der Waals surface area contributed by atoms with E-state index in [0.29, 0.717) is 17.6 Å². The Labute approximate surface area is 129 Å². The van der Waals surface area contributed by atoms with Gasteiger partial charge < -0.3 is 14.8 Å². The van der Waals surface area contributed by atoms with E-state index in [-0.39, 0.29) is 0 Å². The van der Waals surface area contributed by atoms with E-state index in [1.54, 1.807) is 0 Å². The lowest BCUT2D eigenvalue weighted by Crippen LogP contribution is -2.19. The lowest BCUT2D eigenvalue weighted by molar-refractivity contribution is 0.174. The van der Waals surface area contributed by atoms with Gasteiger partial charge in [0.1, 0.15) is 0 Å². The summed E-state index contributed by atoms with van der Waals surface area (Å²) in [6.45, 7) is 11.7. The Hall–Kier alpha value is -0.740. The quantitative estimate of drug-likeness (QED) is 0.900. The van der Waals surface area contributed by atoms with Gasteiger partial charge >= 0.3 is 0 Å². The third-order valence-corrected chi connectivity index (χ3v) is 6.26. The molecule has 1 N–H and O–H groups in total. The van der Waals surface area contributed by atoms with Crippen LogP contribution in [0, 0.1) is 16.7 Å². The molecule has 4 heteroatoms. The van der Waals surface area contributed by atoms with Crippen molar-refractivity contribution < 1.29 is 9.47 Å². The van der Waals surface area contributed by atoms with E-state index in [4.69, 9.17) is 9.47 Å². The van der Waals surface area contributed by atoms with Gasteiger partial charge in [0.05, 0.1) is 0 Å². The minimum absolute atomic E-state index is 0.323. The average molecular weight is 340 g/mol. The van der Waals surface area contributed by atoms with Gasteiger partial charge in [0.25, 0.3) is 0 Å². The normalized spacial score (nSPS) is 22.1. The van der Waals surface area contributed by atoms with Crippen molar-refractivity contribution in [1.82, 2.24) is 5.32 Å². The van der Waals surface area contributed by atoms with Crippen LogP contribution in [-0.4, -0.2) is 13.3 Å². The van der Waals surface area contributed by atoms with Gasteiger partial charge in [0.2, 0.25) is 6.79 Å². The summed E-state index contributed by atoms with van der Waals surface area (Å²) in [5.41, 5.74) is 2.09. The fourth-order valence-electron chi connectivity index (χ4n) is 3.29. The molecule has 2 aliphatic rings. The standard InChI is InChI=1S/C16H22BrNO2/c1-15(2)14(16(15,3)4)8-18-7-10-5-12-13(6-11(10)17)20-9-19-12/h5-6,14,18H,7-9H2,1-4H3. The maximum absolute atomic E-state index is 5.43. The molecule has 3 rings (SSSR count). The van der Waals surface area contributed by atoms with Gasteiger partial charge in [-0.25, -0.2) is 0 Å². The second-order valence-corrected chi connectivity index (χ2v) is 7.78. The Morgan fingerprint density at radius 3 is 2.35 bits per heavy atom. The fraction of sp³-hybridized carbons (Fsp3) is 0.625. The lowest BCUT2D eigenvalue weighted by Gasteiger charge is -2.09. The monoisotopic (exact) mass is 339 g/mol. The summed E-state index contributed by atoms with van der Waals surface area (Å²) in [6.07, 6.45) is 0. The summed E-state index contributed by atoms with van der Waals surface area (Å²) >= 11 is 3.60. The van der Waals surface area contributed by atoms with Crippen molar-refractivity contribution in [3.8, 4) is 11.5 Å². The van der Waals surface area contributed by atoms with E-state index in [1.807, 2.05) is 6.07 Å². The molecule has 0 spiro atoms. The first-order valence-electron chi connectivity index (χ1n) is 7.13. The van der Waals surface area contributed by atoms with Crippen LogP contribution in [0.25, 0.3) is 0 Å². The smallest absolute Gasteiger partial charge is 0.231 e. The van der Waals surface area contributed by atoms with Crippen LogP contribution in [0.5, 0.6) is 11.5 Å². The molecular formula is C16H22BrNO2. The van der Waals surface area contributed by atoms with Crippen molar-refractivity contribution in [3.05, 3.63) is 22.2 Å². The molecule has 0 saturated heterocycles. The van der Waals surface area contributed by atoms with Gasteiger partial charge in [-0.1, -0.05) is 43.6 Å². The summed E-state index contributed by atoms with van der Waals surface area (Å²) in [5, 5.41) is 3.58. The summed E-state index contributed by atoms with van der Waals surface area (Å²) in [4.78, 5) is 0. The van der Waals surface area contributed by atoms with Crippen LogP contribution in [-0.2, 0) is 6.54 Å². The molecule has 0 bridgehead atoms. The van der Waals surface area contributed by atoms with E-state index >= 15 is 0 Å². The van der Waals surface area contributed by atoms with Gasteiger partial charge in [0.15, 0.2) is 11.5 Å². The molecule has 1 aromatic carbocycles. The van der Waals surface area contributed by atoms with Gasteiger partial charge in [-0.15, -0.1) is 0 Å². The Kier molecular flexibility index (Phi) is 3.29. The highest BCUT2D eigenvalue weighted by Crippen LogP contribution is 2.67. The van der Waals surface area contributed by atoms with Crippen LogP contribution in [0.4, 0.5) is 0 Å². The number of benzene rings is 1. The van der Waals surface area contributed by atoms with Crippen molar-refractivity contribution in [2.45, 2.75) is 34.2 Å². The molecule has 0 radical (unpaired) electrons. The van der Waals surface area contributed by atoms with Crippen LogP contribution in [0.1, 0.15) is 33.3 Å². The molecule has 0 unspecified atom stereocenters. The van der Waals surface area contributed by atoms with E-state index < -0.39 is 0 Å². The third-order valence-electron chi connectivity index (χ3n) is 5.53. The summed E-state index contributed by atoms with van der Waals surface area (Å²) in [5.74, 6) is 2.41. The number of ether oxygens (including phenoxy) is 2. The first-order chi connectivity index (χ1) is 9.34. The number of rotatable bonds is 4. The van der Waals surface area contributed by atoms with E-state index in [1.165, 1.54) is 5.56 Å². The molecular weight excluding hydrogens is 318 g/mol. The lowest BCUT2D eigenvalue weighted by atomic mass is 10.0. The molecule has 1 aromatic rings. The zero-order valence-corrected chi connectivity index (χ0v) is 14.1. The van der Waals surface area contributed by atoms with Crippen molar-refractivity contribution in [1.29, 1.82) is 0 Å². The molecule has 3 nitrogen and oxygen atoms in total. The Bertz CT molecular complexity index is 526. The Balaban J connectivity index is 1.60. The average Bonchev–Trinajstić information content (AvgIpc) is 2.71. The number of fused-ring (bicyclic) bond motifs is 1. The molecule has 0 aromatic heterocycles. The number of halogens is 1. The van der Waals surface area contributed by atoms with E-state index in [2.05, 4.69) is 55.0 Å². The Morgan fingerprint density at radius 2 is 1.75 bits per heavy atom.